The number of hydrogen-bond donors (Lipinski definition) is 1. The molecule has 1 atom stereocenters. The third-order valence-electron chi connectivity index (χ3n) is 7.58. The van der Waals surface area contributed by atoms with Gasteiger partial charge in [0.1, 0.15) is 6.23 Å². The van der Waals surface area contributed by atoms with Gasteiger partial charge in [0.05, 0.1) is 17.9 Å². The van der Waals surface area contributed by atoms with Crippen LogP contribution in [0.5, 0.6) is 0 Å². The van der Waals surface area contributed by atoms with Crippen LogP contribution < -0.4 is 0 Å². The maximum absolute atomic E-state index is 11.3. The van der Waals surface area contributed by atoms with Crippen LogP contribution in [0.15, 0.2) is 103 Å². The number of fused-ring (bicyclic) bond motifs is 1. The van der Waals surface area contributed by atoms with Gasteiger partial charge in [0, 0.05) is 37.4 Å². The summed E-state index contributed by atoms with van der Waals surface area (Å²) in [7, 11) is 0. The maximum Gasteiger partial charge on any atom is 0.127 e. The molecule has 1 aliphatic heterocycles. The fourth-order valence-electron chi connectivity index (χ4n) is 5.46. The largest absolute Gasteiger partial charge is 0.376 e. The Morgan fingerprint density at radius 1 is 0.763 bits per heavy atom. The molecular formula is C33H34N4O. The lowest BCUT2D eigenvalue weighted by Crippen LogP contribution is -2.51. The predicted octanol–water partition coefficient (Wildman–Crippen LogP) is 6.00. The third-order valence-corrected chi connectivity index (χ3v) is 7.58. The number of piperazine rings is 1. The summed E-state index contributed by atoms with van der Waals surface area (Å²) in [5.74, 6) is 0. The molecule has 5 nitrogen and oxygen atoms in total. The summed E-state index contributed by atoms with van der Waals surface area (Å²) in [6.45, 7) is 3.90. The minimum Gasteiger partial charge on any atom is -0.376 e. The average Bonchev–Trinajstić information content (AvgIpc) is 3.38. The molecule has 0 spiro atoms. The van der Waals surface area contributed by atoms with Crippen molar-refractivity contribution < 1.29 is 5.11 Å². The summed E-state index contributed by atoms with van der Waals surface area (Å²) in [6.07, 6.45) is 8.37. The smallest absolute Gasteiger partial charge is 0.127 e. The van der Waals surface area contributed by atoms with Crippen molar-refractivity contribution in [2.24, 2.45) is 0 Å². The number of benzene rings is 3. The van der Waals surface area contributed by atoms with E-state index in [9.17, 15) is 5.11 Å². The standard InChI is InChI=1S/C33H34N4O/c38-33(25-37-32(28-15-5-2-6-16-28)24-31(34-37)27-13-3-1-4-14-27)36-21-19-35(20-22-36)30-18-10-9-12-26-11-7-8-17-29(26)23-30/h1-9,11-17,23-24,33,38H,10,18-22,25H2. The van der Waals surface area contributed by atoms with Gasteiger partial charge in [-0.05, 0) is 41.7 Å². The molecule has 2 aliphatic rings. The molecule has 38 heavy (non-hydrogen) atoms. The number of hydrogen-bond acceptors (Lipinski definition) is 4. The van der Waals surface area contributed by atoms with Crippen LogP contribution in [0.4, 0.5) is 0 Å². The first-order chi connectivity index (χ1) is 18.7. The van der Waals surface area contributed by atoms with Gasteiger partial charge in [-0.3, -0.25) is 9.58 Å². The normalized spacial score (nSPS) is 16.9. The van der Waals surface area contributed by atoms with E-state index in [1.165, 1.54) is 16.8 Å². The second-order valence-electron chi connectivity index (χ2n) is 10.0. The van der Waals surface area contributed by atoms with Crippen LogP contribution in [0.2, 0.25) is 0 Å². The van der Waals surface area contributed by atoms with Crippen LogP contribution in [0.1, 0.15) is 24.0 Å². The Kier molecular flexibility index (Phi) is 7.20. The Morgan fingerprint density at radius 3 is 2.16 bits per heavy atom. The zero-order valence-electron chi connectivity index (χ0n) is 21.7. The zero-order valence-corrected chi connectivity index (χ0v) is 21.7. The molecule has 0 saturated carbocycles. The Morgan fingerprint density at radius 2 is 1.42 bits per heavy atom. The Bertz CT molecular complexity index is 1420. The molecule has 0 radical (unpaired) electrons. The fraction of sp³-hybridized carbons (Fsp3) is 0.242. The van der Waals surface area contributed by atoms with Gasteiger partial charge in [-0.2, -0.15) is 5.10 Å². The fourth-order valence-corrected chi connectivity index (χ4v) is 5.46. The first kappa shape index (κ1) is 24.4. The van der Waals surface area contributed by atoms with Crippen molar-refractivity contribution in [2.45, 2.75) is 25.6 Å². The third kappa shape index (κ3) is 5.35. The van der Waals surface area contributed by atoms with Crippen molar-refractivity contribution in [3.8, 4) is 22.5 Å². The number of rotatable bonds is 6. The SMILES string of the molecule is OC(Cn1nc(-c2ccccc2)cc1-c1ccccc1)N1CCN(C2=Cc3ccccc3C=CCC2)CC1. The van der Waals surface area contributed by atoms with E-state index < -0.39 is 6.23 Å². The predicted molar refractivity (Wildman–Crippen MR) is 155 cm³/mol. The van der Waals surface area contributed by atoms with E-state index in [-0.39, 0.29) is 0 Å². The molecule has 6 rings (SSSR count). The lowest BCUT2D eigenvalue weighted by atomic mass is 10.0. The van der Waals surface area contributed by atoms with Gasteiger partial charge in [0.2, 0.25) is 0 Å². The average molecular weight is 503 g/mol. The van der Waals surface area contributed by atoms with Crippen LogP contribution in [0, 0.1) is 0 Å². The lowest BCUT2D eigenvalue weighted by Gasteiger charge is -2.39. The summed E-state index contributed by atoms with van der Waals surface area (Å²) >= 11 is 0. The van der Waals surface area contributed by atoms with E-state index in [1.54, 1.807) is 0 Å². The minimum absolute atomic E-state index is 0.428. The van der Waals surface area contributed by atoms with Gasteiger partial charge in [0.25, 0.3) is 0 Å². The highest BCUT2D eigenvalue weighted by molar-refractivity contribution is 5.69. The molecule has 5 heteroatoms. The van der Waals surface area contributed by atoms with Crippen molar-refractivity contribution in [3.63, 3.8) is 0 Å². The molecule has 2 heterocycles. The van der Waals surface area contributed by atoms with Gasteiger partial charge in [0.15, 0.2) is 0 Å². The second kappa shape index (κ2) is 11.2. The van der Waals surface area contributed by atoms with Crippen LogP contribution in [0.3, 0.4) is 0 Å². The van der Waals surface area contributed by atoms with Crippen molar-refractivity contribution >= 4 is 12.2 Å². The number of allylic oxidation sites excluding steroid dienone is 2. The molecule has 4 aromatic rings. The Balaban J connectivity index is 1.17. The summed E-state index contributed by atoms with van der Waals surface area (Å²) in [5, 5.41) is 16.2. The van der Waals surface area contributed by atoms with Gasteiger partial charge < -0.3 is 10.0 Å². The summed E-state index contributed by atoms with van der Waals surface area (Å²) in [5.41, 5.74) is 8.08. The first-order valence-corrected chi connectivity index (χ1v) is 13.6. The van der Waals surface area contributed by atoms with Gasteiger partial charge in [-0.25, -0.2) is 0 Å². The van der Waals surface area contributed by atoms with Crippen molar-refractivity contribution in [3.05, 3.63) is 114 Å². The molecule has 0 bridgehead atoms. The van der Waals surface area contributed by atoms with Gasteiger partial charge in [-0.15, -0.1) is 0 Å². The molecule has 0 amide bonds. The number of aliphatic hydroxyl groups excluding tert-OH is 1. The van der Waals surface area contributed by atoms with Crippen molar-refractivity contribution in [1.82, 2.24) is 19.6 Å². The molecule has 1 saturated heterocycles. The molecular weight excluding hydrogens is 468 g/mol. The van der Waals surface area contributed by atoms with E-state index in [2.05, 4.69) is 82.6 Å². The van der Waals surface area contributed by atoms with Crippen LogP contribution in [-0.2, 0) is 6.54 Å². The molecule has 3 aromatic carbocycles. The van der Waals surface area contributed by atoms with E-state index in [0.29, 0.717) is 6.54 Å². The number of aromatic nitrogens is 2. The highest BCUT2D eigenvalue weighted by Gasteiger charge is 2.25. The van der Waals surface area contributed by atoms with E-state index in [1.807, 2.05) is 41.1 Å². The van der Waals surface area contributed by atoms with Crippen LogP contribution in [-0.4, -0.2) is 57.1 Å². The molecule has 1 N–H and O–H groups in total. The molecule has 1 aliphatic carbocycles. The molecule has 192 valence electrons. The highest BCUT2D eigenvalue weighted by Crippen LogP contribution is 2.28. The highest BCUT2D eigenvalue weighted by atomic mass is 16.3. The molecule has 1 aromatic heterocycles. The summed E-state index contributed by atoms with van der Waals surface area (Å²) < 4.78 is 1.97. The quantitative estimate of drug-likeness (QED) is 0.351. The van der Waals surface area contributed by atoms with Crippen LogP contribution in [0.25, 0.3) is 34.7 Å². The van der Waals surface area contributed by atoms with E-state index in [4.69, 9.17) is 5.10 Å². The summed E-state index contributed by atoms with van der Waals surface area (Å²) in [6, 6.07) is 31.3. The summed E-state index contributed by atoms with van der Waals surface area (Å²) in [4.78, 5) is 4.68. The lowest BCUT2D eigenvalue weighted by molar-refractivity contribution is -0.0319. The Labute approximate surface area is 225 Å². The van der Waals surface area contributed by atoms with Crippen LogP contribution >= 0.6 is 0 Å². The monoisotopic (exact) mass is 502 g/mol. The van der Waals surface area contributed by atoms with Gasteiger partial charge >= 0.3 is 0 Å². The molecule has 1 fully saturated rings. The number of aliphatic hydroxyl groups is 1. The van der Waals surface area contributed by atoms with E-state index >= 15 is 0 Å². The van der Waals surface area contributed by atoms with Crippen molar-refractivity contribution in [2.75, 3.05) is 26.2 Å². The Hall–Kier alpha value is -3.93. The number of nitrogens with zero attached hydrogens (tertiary/aromatic N) is 4. The van der Waals surface area contributed by atoms with Crippen molar-refractivity contribution in [1.29, 1.82) is 0 Å². The zero-order chi connectivity index (χ0) is 25.7. The van der Waals surface area contributed by atoms with Gasteiger partial charge in [-0.1, -0.05) is 97.1 Å². The maximum atomic E-state index is 11.3. The molecule has 1 unspecified atom stereocenters. The first-order valence-electron chi connectivity index (χ1n) is 13.6. The minimum atomic E-state index is -0.599. The second-order valence-corrected chi connectivity index (χ2v) is 10.0. The topological polar surface area (TPSA) is 44.5 Å². The van der Waals surface area contributed by atoms with E-state index in [0.717, 1.165) is 61.5 Å².